The lowest BCUT2D eigenvalue weighted by Crippen LogP contribution is -2.13. The second-order valence-electron chi connectivity index (χ2n) is 2.89. The van der Waals surface area contributed by atoms with Crippen molar-refractivity contribution in [3.05, 3.63) is 0 Å². The summed E-state index contributed by atoms with van der Waals surface area (Å²) in [7, 11) is 0. The van der Waals surface area contributed by atoms with Gasteiger partial charge < -0.3 is 5.11 Å². The lowest BCUT2D eigenvalue weighted by Gasteiger charge is -2.01. The molecule has 0 heterocycles. The number of carbonyl (C=O) groups excluding carboxylic acids is 1. The van der Waals surface area contributed by atoms with Crippen molar-refractivity contribution in [1.29, 1.82) is 0 Å². The molecule has 0 spiro atoms. The Hall–Kier alpha value is -0.580. The van der Waals surface area contributed by atoms with Gasteiger partial charge in [-0.25, -0.2) is 0 Å². The molecule has 70 valence electrons. The first-order chi connectivity index (χ1) is 5.48. The zero-order valence-corrected chi connectivity index (χ0v) is 6.27. The fourth-order valence-electron chi connectivity index (χ4n) is 1.30. The van der Waals surface area contributed by atoms with Crippen molar-refractivity contribution in [3.63, 3.8) is 0 Å². The van der Waals surface area contributed by atoms with Crippen LogP contribution in [0.3, 0.4) is 0 Å². The zero-order chi connectivity index (χ0) is 9.35. The van der Waals surface area contributed by atoms with Crippen molar-refractivity contribution in [2.24, 2.45) is 11.8 Å². The molecule has 1 aliphatic rings. The molecule has 0 amide bonds. The molecule has 1 saturated carbocycles. The van der Waals surface area contributed by atoms with E-state index >= 15 is 0 Å². The highest BCUT2D eigenvalue weighted by molar-refractivity contribution is 6.00. The molecule has 1 N–H and O–H groups in total. The second-order valence-corrected chi connectivity index (χ2v) is 2.89. The monoisotopic (exact) mass is 182 g/mol. The number of aliphatic hydroxyl groups excluding tert-OH is 1. The summed E-state index contributed by atoms with van der Waals surface area (Å²) < 4.78 is 35.7. The van der Waals surface area contributed by atoms with Crippen LogP contribution in [0.15, 0.2) is 0 Å². The number of Topliss-reactive ketones (excluding diaryl/α,β-unsaturated/α-hetero) is 1. The topological polar surface area (TPSA) is 37.3 Å². The number of rotatable bonds is 3. The molecule has 1 fully saturated rings. The first kappa shape index (κ1) is 9.51. The van der Waals surface area contributed by atoms with E-state index in [4.69, 9.17) is 5.11 Å². The molecular formula is C7H9F3O2. The molecule has 12 heavy (non-hydrogen) atoms. The van der Waals surface area contributed by atoms with Crippen LogP contribution >= 0.6 is 0 Å². The SMILES string of the molecule is O=C1C(CCCO)C1C(F)(F)F. The Bertz CT molecular complexity index is 188. The predicted octanol–water partition coefficient (Wildman–Crippen LogP) is 1.14. The molecule has 2 nitrogen and oxygen atoms in total. The number of carbonyl (C=O) groups is 1. The smallest absolute Gasteiger partial charge is 0.396 e. The summed E-state index contributed by atoms with van der Waals surface area (Å²) >= 11 is 0. The molecule has 0 aromatic rings. The maximum Gasteiger partial charge on any atom is 0.399 e. The summed E-state index contributed by atoms with van der Waals surface area (Å²) in [6.07, 6.45) is -3.96. The Morgan fingerprint density at radius 1 is 1.42 bits per heavy atom. The molecular weight excluding hydrogens is 173 g/mol. The van der Waals surface area contributed by atoms with Crippen molar-refractivity contribution >= 4 is 5.78 Å². The van der Waals surface area contributed by atoms with Crippen molar-refractivity contribution in [1.82, 2.24) is 0 Å². The summed E-state index contributed by atoms with van der Waals surface area (Å²) in [5.74, 6) is -3.35. The van der Waals surface area contributed by atoms with Crippen molar-refractivity contribution < 1.29 is 23.1 Å². The standard InChI is InChI=1S/C7H9F3O2/c8-7(9,10)5-4(6(5)12)2-1-3-11/h4-5,11H,1-3H2. The van der Waals surface area contributed by atoms with Gasteiger partial charge in [-0.3, -0.25) is 4.79 Å². The van der Waals surface area contributed by atoms with Crippen LogP contribution in [0.25, 0.3) is 0 Å². The van der Waals surface area contributed by atoms with Crippen LogP contribution in [0.1, 0.15) is 12.8 Å². The molecule has 5 heteroatoms. The summed E-state index contributed by atoms with van der Waals surface area (Å²) in [6.45, 7) is -0.158. The lowest BCUT2D eigenvalue weighted by molar-refractivity contribution is -0.155. The molecule has 1 rings (SSSR count). The van der Waals surface area contributed by atoms with Gasteiger partial charge in [0.25, 0.3) is 0 Å². The second kappa shape index (κ2) is 3.05. The fraction of sp³-hybridized carbons (Fsp3) is 0.857. The Kier molecular flexibility index (Phi) is 2.41. The quantitative estimate of drug-likeness (QED) is 0.710. The minimum absolute atomic E-state index is 0.152. The predicted molar refractivity (Wildman–Crippen MR) is 34.4 cm³/mol. The number of hydrogen-bond acceptors (Lipinski definition) is 2. The molecule has 0 aliphatic heterocycles. The highest BCUT2D eigenvalue weighted by Gasteiger charge is 2.63. The molecule has 0 bridgehead atoms. The summed E-state index contributed by atoms with van der Waals surface area (Å²) in [5, 5.41) is 8.33. The van der Waals surface area contributed by atoms with Gasteiger partial charge in [-0.2, -0.15) is 13.2 Å². The van der Waals surface area contributed by atoms with E-state index in [0.29, 0.717) is 0 Å². The molecule has 0 radical (unpaired) electrons. The van der Waals surface area contributed by atoms with Gasteiger partial charge in [0.05, 0.1) is 0 Å². The summed E-state index contributed by atoms with van der Waals surface area (Å²) in [6, 6.07) is 0. The van der Waals surface area contributed by atoms with E-state index in [1.54, 1.807) is 0 Å². The number of aliphatic hydroxyl groups is 1. The van der Waals surface area contributed by atoms with E-state index < -0.39 is 23.8 Å². The molecule has 0 aromatic carbocycles. The summed E-state index contributed by atoms with van der Waals surface area (Å²) in [5.41, 5.74) is 0. The van der Waals surface area contributed by atoms with Gasteiger partial charge in [0.2, 0.25) is 0 Å². The Morgan fingerprint density at radius 3 is 2.33 bits per heavy atom. The first-order valence-corrected chi connectivity index (χ1v) is 3.69. The third-order valence-corrected chi connectivity index (χ3v) is 1.99. The molecule has 1 aliphatic carbocycles. The zero-order valence-electron chi connectivity index (χ0n) is 6.27. The van der Waals surface area contributed by atoms with Gasteiger partial charge in [0.1, 0.15) is 11.7 Å². The van der Waals surface area contributed by atoms with Crippen LogP contribution in [-0.2, 0) is 4.79 Å². The van der Waals surface area contributed by atoms with Crippen LogP contribution in [-0.4, -0.2) is 23.7 Å². The highest BCUT2D eigenvalue weighted by atomic mass is 19.4. The third-order valence-electron chi connectivity index (χ3n) is 1.99. The van der Waals surface area contributed by atoms with E-state index in [2.05, 4.69) is 0 Å². The van der Waals surface area contributed by atoms with Crippen LogP contribution in [0.4, 0.5) is 13.2 Å². The minimum Gasteiger partial charge on any atom is -0.396 e. The van der Waals surface area contributed by atoms with Crippen LogP contribution in [0.2, 0.25) is 0 Å². The van der Waals surface area contributed by atoms with E-state index in [-0.39, 0.29) is 19.4 Å². The van der Waals surface area contributed by atoms with E-state index in [1.807, 2.05) is 0 Å². The van der Waals surface area contributed by atoms with E-state index in [9.17, 15) is 18.0 Å². The van der Waals surface area contributed by atoms with Crippen LogP contribution < -0.4 is 0 Å². The van der Waals surface area contributed by atoms with Crippen LogP contribution in [0.5, 0.6) is 0 Å². The fourth-order valence-corrected chi connectivity index (χ4v) is 1.30. The van der Waals surface area contributed by atoms with Gasteiger partial charge in [0, 0.05) is 12.5 Å². The number of halogens is 3. The van der Waals surface area contributed by atoms with Crippen molar-refractivity contribution in [3.8, 4) is 0 Å². The van der Waals surface area contributed by atoms with Crippen molar-refractivity contribution in [2.45, 2.75) is 19.0 Å². The maximum absolute atomic E-state index is 11.9. The van der Waals surface area contributed by atoms with Gasteiger partial charge in [-0.05, 0) is 12.8 Å². The van der Waals surface area contributed by atoms with Gasteiger partial charge in [-0.1, -0.05) is 0 Å². The lowest BCUT2D eigenvalue weighted by atomic mass is 10.2. The number of hydrogen-bond donors (Lipinski definition) is 1. The average Bonchev–Trinajstić information content (AvgIpc) is 2.56. The molecule has 2 atom stereocenters. The molecule has 0 aromatic heterocycles. The van der Waals surface area contributed by atoms with Gasteiger partial charge >= 0.3 is 6.18 Å². The third kappa shape index (κ3) is 1.77. The minimum atomic E-state index is -4.38. The van der Waals surface area contributed by atoms with E-state index in [1.165, 1.54) is 0 Å². The number of alkyl halides is 3. The first-order valence-electron chi connectivity index (χ1n) is 3.69. The number of ketones is 1. The Balaban J connectivity index is 2.38. The highest BCUT2D eigenvalue weighted by Crippen LogP contribution is 2.48. The van der Waals surface area contributed by atoms with Gasteiger partial charge in [-0.15, -0.1) is 0 Å². The average molecular weight is 182 g/mol. The molecule has 0 saturated heterocycles. The van der Waals surface area contributed by atoms with Crippen molar-refractivity contribution in [2.75, 3.05) is 6.61 Å². The largest absolute Gasteiger partial charge is 0.399 e. The summed E-state index contributed by atoms with van der Waals surface area (Å²) in [4.78, 5) is 10.6. The Labute approximate surface area is 67.4 Å². The van der Waals surface area contributed by atoms with Crippen LogP contribution in [0, 0.1) is 11.8 Å². The Morgan fingerprint density at radius 2 is 2.00 bits per heavy atom. The maximum atomic E-state index is 11.9. The van der Waals surface area contributed by atoms with Gasteiger partial charge in [0.15, 0.2) is 0 Å². The molecule has 2 unspecified atom stereocenters. The van der Waals surface area contributed by atoms with E-state index in [0.717, 1.165) is 0 Å². The normalized spacial score (nSPS) is 29.2.